The van der Waals surface area contributed by atoms with E-state index < -0.39 is 23.6 Å². The van der Waals surface area contributed by atoms with E-state index in [9.17, 15) is 19.5 Å². The smallest absolute Gasteiger partial charge is 0.408 e. The molecule has 0 fully saturated rings. The molecule has 0 spiro atoms. The highest BCUT2D eigenvalue weighted by Crippen LogP contribution is 2.29. The molecule has 0 aliphatic heterocycles. The maximum atomic E-state index is 13.2. The molecule has 0 saturated heterocycles. The number of carbonyl (C=O) groups excluding carboxylic acids is 3. The number of carbonyl (C=O) groups is 3. The number of alkyl carbamates (subject to hydrolysis) is 1. The van der Waals surface area contributed by atoms with Crippen LogP contribution in [0.3, 0.4) is 0 Å². The second kappa shape index (κ2) is 14.4. The van der Waals surface area contributed by atoms with Crippen molar-refractivity contribution in [3.8, 4) is 5.75 Å². The second-order valence-electron chi connectivity index (χ2n) is 9.11. The van der Waals surface area contributed by atoms with Crippen molar-refractivity contribution in [3.63, 3.8) is 0 Å². The first-order valence-corrected chi connectivity index (χ1v) is 11.9. The number of aromatic hydroxyl groups is 1. The standard InChI is InChI=1S/C25H41N3O5/c1-6-8-12-16-26-23(31)22(19-14-10-11-15-20(19)29)28(17-13-9-7-2)21(30)18-27-24(32)33-25(3,4)5/h10-11,14-15,22,29H,6-9,12-13,16-18H2,1-5H3,(H,26,31)(H,27,32). The van der Waals surface area contributed by atoms with E-state index in [2.05, 4.69) is 24.5 Å². The van der Waals surface area contributed by atoms with Gasteiger partial charge in [0, 0.05) is 18.7 Å². The summed E-state index contributed by atoms with van der Waals surface area (Å²) in [5, 5.41) is 15.9. The molecular formula is C25H41N3O5. The summed E-state index contributed by atoms with van der Waals surface area (Å²) < 4.78 is 5.21. The Labute approximate surface area is 198 Å². The van der Waals surface area contributed by atoms with Crippen LogP contribution in [0.2, 0.25) is 0 Å². The van der Waals surface area contributed by atoms with E-state index in [0.29, 0.717) is 25.1 Å². The Morgan fingerprint density at radius 1 is 1.00 bits per heavy atom. The summed E-state index contributed by atoms with van der Waals surface area (Å²) in [5.41, 5.74) is -0.336. The number of ether oxygens (including phenoxy) is 1. The summed E-state index contributed by atoms with van der Waals surface area (Å²) >= 11 is 0. The van der Waals surface area contributed by atoms with Crippen molar-refractivity contribution in [2.24, 2.45) is 0 Å². The molecule has 1 atom stereocenters. The Kier molecular flexibility index (Phi) is 12.3. The molecule has 8 nitrogen and oxygen atoms in total. The number of unbranched alkanes of at least 4 members (excludes halogenated alkanes) is 4. The van der Waals surface area contributed by atoms with Gasteiger partial charge in [0.25, 0.3) is 0 Å². The van der Waals surface area contributed by atoms with Gasteiger partial charge in [-0.1, -0.05) is 57.7 Å². The lowest BCUT2D eigenvalue weighted by molar-refractivity contribution is -0.140. The SMILES string of the molecule is CCCCCNC(=O)C(c1ccccc1O)N(CCCCC)C(=O)CNC(=O)OC(C)(C)C. The number of phenolic OH excluding ortho intramolecular Hbond substituents is 1. The van der Waals surface area contributed by atoms with Gasteiger partial charge in [0.2, 0.25) is 11.8 Å². The van der Waals surface area contributed by atoms with E-state index in [1.165, 1.54) is 11.0 Å². The number of para-hydroxylation sites is 1. The van der Waals surface area contributed by atoms with Crippen LogP contribution in [0.15, 0.2) is 24.3 Å². The molecule has 33 heavy (non-hydrogen) atoms. The minimum Gasteiger partial charge on any atom is -0.508 e. The van der Waals surface area contributed by atoms with Crippen molar-refractivity contribution in [1.29, 1.82) is 0 Å². The fourth-order valence-corrected chi connectivity index (χ4v) is 3.35. The molecule has 0 saturated carbocycles. The summed E-state index contributed by atoms with van der Waals surface area (Å²) in [5.74, 6) is -0.830. The fraction of sp³-hybridized carbons (Fsp3) is 0.640. The number of benzene rings is 1. The molecular weight excluding hydrogens is 422 g/mol. The van der Waals surface area contributed by atoms with Gasteiger partial charge in [-0.25, -0.2) is 4.79 Å². The van der Waals surface area contributed by atoms with E-state index in [1.54, 1.807) is 39.0 Å². The zero-order chi connectivity index (χ0) is 24.9. The topological polar surface area (TPSA) is 108 Å². The van der Waals surface area contributed by atoms with Crippen LogP contribution in [0.5, 0.6) is 5.75 Å². The van der Waals surface area contributed by atoms with E-state index in [1.807, 2.05) is 0 Å². The molecule has 1 unspecified atom stereocenters. The van der Waals surface area contributed by atoms with Crippen LogP contribution in [0.4, 0.5) is 4.79 Å². The van der Waals surface area contributed by atoms with Crippen molar-refractivity contribution in [2.75, 3.05) is 19.6 Å². The maximum absolute atomic E-state index is 13.2. The first-order chi connectivity index (χ1) is 15.6. The van der Waals surface area contributed by atoms with E-state index in [4.69, 9.17) is 4.74 Å². The highest BCUT2D eigenvalue weighted by atomic mass is 16.6. The highest BCUT2D eigenvalue weighted by Gasteiger charge is 2.33. The lowest BCUT2D eigenvalue weighted by atomic mass is 10.0. The van der Waals surface area contributed by atoms with Crippen LogP contribution in [0.1, 0.15) is 84.7 Å². The van der Waals surface area contributed by atoms with Crippen LogP contribution in [0, 0.1) is 0 Å². The van der Waals surface area contributed by atoms with Gasteiger partial charge >= 0.3 is 6.09 Å². The predicted molar refractivity (Wildman–Crippen MR) is 129 cm³/mol. The van der Waals surface area contributed by atoms with Crippen molar-refractivity contribution >= 4 is 17.9 Å². The third kappa shape index (κ3) is 10.6. The molecule has 0 aromatic heterocycles. The molecule has 0 aliphatic carbocycles. The fourth-order valence-electron chi connectivity index (χ4n) is 3.35. The number of phenols is 1. The van der Waals surface area contributed by atoms with E-state index in [0.717, 1.165) is 32.1 Å². The number of nitrogens with one attached hydrogen (secondary N) is 2. The van der Waals surface area contributed by atoms with Crippen molar-refractivity contribution < 1.29 is 24.2 Å². The predicted octanol–water partition coefficient (Wildman–Crippen LogP) is 4.28. The molecule has 1 aromatic carbocycles. The van der Waals surface area contributed by atoms with Crippen molar-refractivity contribution in [3.05, 3.63) is 29.8 Å². The van der Waals surface area contributed by atoms with Gasteiger partial charge in [0.1, 0.15) is 23.9 Å². The summed E-state index contributed by atoms with van der Waals surface area (Å²) in [4.78, 5) is 39.9. The van der Waals surface area contributed by atoms with Crippen LogP contribution in [0.25, 0.3) is 0 Å². The van der Waals surface area contributed by atoms with Crippen LogP contribution < -0.4 is 10.6 Å². The van der Waals surface area contributed by atoms with E-state index in [-0.39, 0.29) is 18.2 Å². The molecule has 0 heterocycles. The normalized spacial score (nSPS) is 12.0. The molecule has 8 heteroatoms. The van der Waals surface area contributed by atoms with E-state index >= 15 is 0 Å². The summed E-state index contributed by atoms with van der Waals surface area (Å²) in [7, 11) is 0. The Morgan fingerprint density at radius 3 is 2.24 bits per heavy atom. The molecule has 1 aromatic rings. The molecule has 186 valence electrons. The number of hydrogen-bond acceptors (Lipinski definition) is 5. The molecule has 0 radical (unpaired) electrons. The molecule has 3 amide bonds. The maximum Gasteiger partial charge on any atom is 0.408 e. The first-order valence-electron chi connectivity index (χ1n) is 11.9. The number of amides is 3. The van der Waals surface area contributed by atoms with Gasteiger partial charge in [-0.3, -0.25) is 9.59 Å². The zero-order valence-corrected chi connectivity index (χ0v) is 20.8. The highest BCUT2D eigenvalue weighted by molar-refractivity contribution is 5.90. The molecule has 3 N–H and O–H groups in total. The van der Waals surface area contributed by atoms with Crippen LogP contribution >= 0.6 is 0 Å². The third-order valence-electron chi connectivity index (χ3n) is 4.98. The number of rotatable bonds is 13. The van der Waals surface area contributed by atoms with Gasteiger partial charge in [-0.15, -0.1) is 0 Å². The summed E-state index contributed by atoms with van der Waals surface area (Å²) in [6.07, 6.45) is 4.67. The lowest BCUT2D eigenvalue weighted by Crippen LogP contribution is -2.48. The monoisotopic (exact) mass is 463 g/mol. The molecule has 1 rings (SSSR count). The number of hydrogen-bond donors (Lipinski definition) is 3. The largest absolute Gasteiger partial charge is 0.508 e. The summed E-state index contributed by atoms with van der Waals surface area (Å²) in [6, 6.07) is 5.54. The van der Waals surface area contributed by atoms with Crippen LogP contribution in [-0.4, -0.2) is 53.1 Å². The Balaban J connectivity index is 3.13. The second-order valence-corrected chi connectivity index (χ2v) is 9.11. The third-order valence-corrected chi connectivity index (χ3v) is 4.98. The molecule has 0 aliphatic rings. The lowest BCUT2D eigenvalue weighted by Gasteiger charge is -2.32. The average molecular weight is 464 g/mol. The van der Waals surface area contributed by atoms with Crippen molar-refractivity contribution in [1.82, 2.24) is 15.5 Å². The number of nitrogens with zero attached hydrogens (tertiary/aromatic N) is 1. The zero-order valence-electron chi connectivity index (χ0n) is 20.8. The van der Waals surface area contributed by atoms with Crippen LogP contribution in [-0.2, 0) is 14.3 Å². The van der Waals surface area contributed by atoms with Gasteiger partial charge in [0.05, 0.1) is 0 Å². The van der Waals surface area contributed by atoms with Gasteiger partial charge in [-0.2, -0.15) is 0 Å². The Bertz CT molecular complexity index is 761. The molecule has 0 bridgehead atoms. The Hall–Kier alpha value is -2.77. The minimum atomic E-state index is -1.00. The quantitative estimate of drug-likeness (QED) is 0.378. The van der Waals surface area contributed by atoms with Gasteiger partial charge < -0.3 is 25.4 Å². The van der Waals surface area contributed by atoms with Gasteiger partial charge in [-0.05, 0) is 39.7 Å². The summed E-state index contributed by atoms with van der Waals surface area (Å²) in [6.45, 7) is 9.85. The average Bonchev–Trinajstić information content (AvgIpc) is 2.74. The first kappa shape index (κ1) is 28.3. The van der Waals surface area contributed by atoms with Crippen molar-refractivity contribution in [2.45, 2.75) is 84.8 Å². The minimum absolute atomic E-state index is 0.0559. The Morgan fingerprint density at radius 2 is 1.64 bits per heavy atom. The van der Waals surface area contributed by atoms with Gasteiger partial charge in [0.15, 0.2) is 0 Å².